The maximum atomic E-state index is 12.1. The Hall–Kier alpha value is -3.49. The molecule has 0 aliphatic carbocycles. The maximum Gasteiger partial charge on any atom is 0.280 e. The van der Waals surface area contributed by atoms with Crippen molar-refractivity contribution >= 4 is 28.7 Å². The van der Waals surface area contributed by atoms with E-state index < -0.39 is 5.91 Å². The molecule has 128 valence electrons. The van der Waals surface area contributed by atoms with E-state index in [1.54, 1.807) is 30.5 Å². The molecule has 0 unspecified atom stereocenters. The molecule has 0 aliphatic rings. The lowest BCUT2D eigenvalue weighted by Gasteiger charge is -2.07. The number of H-pyrrole nitrogens is 1. The predicted octanol–water partition coefficient (Wildman–Crippen LogP) is 0.856. The first-order valence-corrected chi connectivity index (χ1v) is 7.70. The Bertz CT molecular complexity index is 966. The number of aromatic nitrogens is 4. The van der Waals surface area contributed by atoms with Gasteiger partial charge >= 0.3 is 0 Å². The minimum Gasteiger partial charge on any atom is -0.379 e. The van der Waals surface area contributed by atoms with E-state index in [0.29, 0.717) is 30.3 Å². The zero-order chi connectivity index (χ0) is 17.8. The van der Waals surface area contributed by atoms with Crippen molar-refractivity contribution in [2.45, 2.75) is 13.5 Å². The average Bonchev–Trinajstić information content (AvgIpc) is 2.61. The van der Waals surface area contributed by atoms with Crippen LogP contribution in [0.3, 0.4) is 0 Å². The molecule has 1 aromatic carbocycles. The lowest BCUT2D eigenvalue weighted by Crippen LogP contribution is -2.16. The second-order valence-electron chi connectivity index (χ2n) is 5.27. The molecule has 0 aliphatic heterocycles. The lowest BCUT2D eigenvalue weighted by molar-refractivity contribution is 0.100. The molecule has 3 aromatic rings. The van der Waals surface area contributed by atoms with Gasteiger partial charge < -0.3 is 16.4 Å². The summed E-state index contributed by atoms with van der Waals surface area (Å²) in [6.45, 7) is 2.91. The average molecular weight is 339 g/mol. The van der Waals surface area contributed by atoms with Crippen LogP contribution in [-0.4, -0.2) is 32.4 Å². The summed E-state index contributed by atoms with van der Waals surface area (Å²) in [4.78, 5) is 38.5. The summed E-state index contributed by atoms with van der Waals surface area (Å²) in [6, 6.07) is 6.75. The fourth-order valence-corrected chi connectivity index (χ4v) is 2.24. The zero-order valence-electron chi connectivity index (χ0n) is 13.5. The minimum absolute atomic E-state index is 0.185. The number of amides is 1. The highest BCUT2D eigenvalue weighted by molar-refractivity contribution is 5.93. The number of hydrogen-bond acceptors (Lipinski definition) is 7. The normalized spacial score (nSPS) is 10.6. The molecule has 0 fully saturated rings. The van der Waals surface area contributed by atoms with Crippen molar-refractivity contribution in [1.82, 2.24) is 19.9 Å². The molecule has 3 rings (SSSR count). The molecule has 0 bridgehead atoms. The molecule has 2 heterocycles. The van der Waals surface area contributed by atoms with Crippen LogP contribution in [0, 0.1) is 0 Å². The molecule has 25 heavy (non-hydrogen) atoms. The van der Waals surface area contributed by atoms with E-state index in [1.807, 2.05) is 6.92 Å². The second kappa shape index (κ2) is 6.95. The molecule has 0 saturated carbocycles. The fourth-order valence-electron chi connectivity index (χ4n) is 2.24. The Balaban J connectivity index is 1.77. The number of carbonyl (C=O) groups excluding carboxylic acids is 1. The third kappa shape index (κ3) is 3.71. The SMILES string of the molecule is CCNc1nc2ncc(CNc3ccc(C(N)=O)cc3)nc2c(=O)[nH]1. The number of carbonyl (C=O) groups is 1. The zero-order valence-corrected chi connectivity index (χ0v) is 13.5. The van der Waals surface area contributed by atoms with Crippen molar-refractivity contribution in [1.29, 1.82) is 0 Å². The summed E-state index contributed by atoms with van der Waals surface area (Å²) in [5.41, 5.74) is 7.15. The highest BCUT2D eigenvalue weighted by atomic mass is 16.1. The molecule has 1 amide bonds. The maximum absolute atomic E-state index is 12.1. The van der Waals surface area contributed by atoms with E-state index in [9.17, 15) is 9.59 Å². The van der Waals surface area contributed by atoms with Gasteiger partial charge in [0.2, 0.25) is 11.9 Å². The van der Waals surface area contributed by atoms with Crippen LogP contribution < -0.4 is 21.9 Å². The quantitative estimate of drug-likeness (QED) is 0.522. The summed E-state index contributed by atoms with van der Waals surface area (Å²) in [7, 11) is 0. The number of fused-ring (bicyclic) bond motifs is 1. The van der Waals surface area contributed by atoms with Gasteiger partial charge in [-0.15, -0.1) is 0 Å². The van der Waals surface area contributed by atoms with Crippen molar-refractivity contribution < 1.29 is 4.79 Å². The summed E-state index contributed by atoms with van der Waals surface area (Å²) in [6.07, 6.45) is 1.56. The van der Waals surface area contributed by atoms with Gasteiger partial charge in [0.25, 0.3) is 5.56 Å². The summed E-state index contributed by atoms with van der Waals surface area (Å²) < 4.78 is 0. The number of nitrogens with zero attached hydrogens (tertiary/aromatic N) is 3. The first-order valence-electron chi connectivity index (χ1n) is 7.70. The van der Waals surface area contributed by atoms with Gasteiger partial charge in [0.15, 0.2) is 11.2 Å². The van der Waals surface area contributed by atoms with Gasteiger partial charge in [-0.05, 0) is 31.2 Å². The fraction of sp³-hybridized carbons (Fsp3) is 0.188. The van der Waals surface area contributed by atoms with Crippen LogP contribution in [0.2, 0.25) is 0 Å². The third-order valence-electron chi connectivity index (χ3n) is 3.46. The Morgan fingerprint density at radius 2 is 1.96 bits per heavy atom. The van der Waals surface area contributed by atoms with E-state index in [1.165, 1.54) is 0 Å². The van der Waals surface area contributed by atoms with E-state index >= 15 is 0 Å². The van der Waals surface area contributed by atoms with Crippen LogP contribution in [0.1, 0.15) is 23.0 Å². The van der Waals surface area contributed by atoms with Crippen LogP contribution in [0.25, 0.3) is 11.2 Å². The van der Waals surface area contributed by atoms with Crippen molar-refractivity contribution in [3.05, 3.63) is 52.1 Å². The van der Waals surface area contributed by atoms with Gasteiger partial charge in [-0.25, -0.2) is 9.97 Å². The number of hydrogen-bond donors (Lipinski definition) is 4. The summed E-state index contributed by atoms with van der Waals surface area (Å²) >= 11 is 0. The molecule has 0 radical (unpaired) electrons. The largest absolute Gasteiger partial charge is 0.379 e. The molecule has 5 N–H and O–H groups in total. The van der Waals surface area contributed by atoms with Crippen molar-refractivity contribution in [3.8, 4) is 0 Å². The Morgan fingerprint density at radius 3 is 2.64 bits per heavy atom. The highest BCUT2D eigenvalue weighted by Crippen LogP contribution is 2.11. The van der Waals surface area contributed by atoms with Crippen LogP contribution >= 0.6 is 0 Å². The second-order valence-corrected chi connectivity index (χ2v) is 5.27. The lowest BCUT2D eigenvalue weighted by atomic mass is 10.2. The van der Waals surface area contributed by atoms with E-state index in [0.717, 1.165) is 5.69 Å². The number of nitrogens with one attached hydrogen (secondary N) is 3. The summed E-state index contributed by atoms with van der Waals surface area (Å²) in [5, 5.41) is 6.08. The molecule has 0 saturated heterocycles. The number of nitrogens with two attached hydrogens (primary N) is 1. The first-order chi connectivity index (χ1) is 12.1. The Labute approximate surface area is 142 Å². The van der Waals surface area contributed by atoms with Gasteiger partial charge in [0, 0.05) is 17.8 Å². The van der Waals surface area contributed by atoms with Crippen molar-refractivity contribution in [2.24, 2.45) is 5.73 Å². The van der Waals surface area contributed by atoms with Gasteiger partial charge in [0.1, 0.15) is 0 Å². The number of primary amides is 1. The number of aromatic amines is 1. The first kappa shape index (κ1) is 16.4. The number of rotatable bonds is 6. The van der Waals surface area contributed by atoms with Crippen LogP contribution in [0.4, 0.5) is 11.6 Å². The van der Waals surface area contributed by atoms with Gasteiger partial charge in [0.05, 0.1) is 18.4 Å². The summed E-state index contributed by atoms with van der Waals surface area (Å²) in [5.74, 6) is -0.106. The van der Waals surface area contributed by atoms with Crippen LogP contribution in [0.5, 0.6) is 0 Å². The predicted molar refractivity (Wildman–Crippen MR) is 94.4 cm³/mol. The van der Waals surface area contributed by atoms with Crippen molar-refractivity contribution in [3.63, 3.8) is 0 Å². The van der Waals surface area contributed by atoms with Gasteiger partial charge in [-0.3, -0.25) is 14.6 Å². The molecule has 0 spiro atoms. The van der Waals surface area contributed by atoms with Crippen LogP contribution in [0.15, 0.2) is 35.3 Å². The van der Waals surface area contributed by atoms with Gasteiger partial charge in [-0.2, -0.15) is 4.98 Å². The monoisotopic (exact) mass is 339 g/mol. The molecular weight excluding hydrogens is 322 g/mol. The number of anilines is 2. The highest BCUT2D eigenvalue weighted by Gasteiger charge is 2.08. The molecule has 9 heteroatoms. The van der Waals surface area contributed by atoms with Crippen LogP contribution in [-0.2, 0) is 6.54 Å². The topological polar surface area (TPSA) is 139 Å². The molecular formula is C16H17N7O2. The van der Waals surface area contributed by atoms with Gasteiger partial charge in [-0.1, -0.05) is 0 Å². The molecule has 0 atom stereocenters. The number of benzene rings is 1. The third-order valence-corrected chi connectivity index (χ3v) is 3.46. The molecule has 9 nitrogen and oxygen atoms in total. The van der Waals surface area contributed by atoms with E-state index in [4.69, 9.17) is 5.73 Å². The van der Waals surface area contributed by atoms with Crippen molar-refractivity contribution in [2.75, 3.05) is 17.2 Å². The Morgan fingerprint density at radius 1 is 1.20 bits per heavy atom. The standard InChI is InChI=1S/C16H17N7O2/c1-2-18-16-22-14-12(15(25)23-16)21-11(8-20-14)7-19-10-5-3-9(4-6-10)13(17)24/h3-6,8,19H,2,7H2,1H3,(H2,17,24)(H2,18,20,22,23,25). The van der Waals surface area contributed by atoms with E-state index in [-0.39, 0.29) is 16.7 Å². The molecule has 2 aromatic heterocycles. The Kier molecular flexibility index (Phi) is 4.55. The minimum atomic E-state index is -0.476. The smallest absolute Gasteiger partial charge is 0.280 e. The van der Waals surface area contributed by atoms with E-state index in [2.05, 4.69) is 30.6 Å².